The topological polar surface area (TPSA) is 95.6 Å². The lowest BCUT2D eigenvalue weighted by Gasteiger charge is -2.41. The molecule has 2 atom stereocenters. The third kappa shape index (κ3) is 5.70. The lowest BCUT2D eigenvalue weighted by molar-refractivity contribution is -0.134. The SMILES string of the molecule is CCCC(=O)N1C[C@H](C)C(NS(=O)(=O)c2ccc(NC(=O)c3ccccc3C)c3ccccc23)[C@@H](C)C1. The molecule has 0 bridgehead atoms. The second-order valence-electron chi connectivity index (χ2n) is 10.1. The van der Waals surface area contributed by atoms with Crippen LogP contribution in [0.25, 0.3) is 10.8 Å². The number of sulfonamides is 1. The van der Waals surface area contributed by atoms with Gasteiger partial charge in [-0.3, -0.25) is 9.59 Å². The van der Waals surface area contributed by atoms with Crippen molar-refractivity contribution in [3.05, 3.63) is 71.8 Å². The van der Waals surface area contributed by atoms with E-state index in [9.17, 15) is 18.0 Å². The van der Waals surface area contributed by atoms with Crippen molar-refractivity contribution in [3.8, 4) is 0 Å². The maximum absolute atomic E-state index is 13.6. The Labute approximate surface area is 219 Å². The summed E-state index contributed by atoms with van der Waals surface area (Å²) >= 11 is 0. The molecule has 0 spiro atoms. The Bertz CT molecular complexity index is 1410. The van der Waals surface area contributed by atoms with Crippen molar-refractivity contribution in [3.63, 3.8) is 0 Å². The van der Waals surface area contributed by atoms with Crippen LogP contribution in [0.2, 0.25) is 0 Å². The number of aryl methyl sites for hydroxylation is 1. The number of fused-ring (bicyclic) bond motifs is 1. The van der Waals surface area contributed by atoms with Crippen LogP contribution in [0.4, 0.5) is 5.69 Å². The molecule has 37 heavy (non-hydrogen) atoms. The Balaban J connectivity index is 1.60. The van der Waals surface area contributed by atoms with Gasteiger partial charge in [0.2, 0.25) is 15.9 Å². The largest absolute Gasteiger partial charge is 0.342 e. The number of nitrogens with one attached hydrogen (secondary N) is 2. The van der Waals surface area contributed by atoms with E-state index in [1.165, 1.54) is 0 Å². The molecule has 1 fully saturated rings. The van der Waals surface area contributed by atoms with E-state index in [1.807, 2.05) is 62.9 Å². The first-order chi connectivity index (χ1) is 17.6. The summed E-state index contributed by atoms with van der Waals surface area (Å²) in [6.07, 6.45) is 1.30. The minimum atomic E-state index is -3.87. The number of amides is 2. The molecule has 0 aromatic heterocycles. The van der Waals surface area contributed by atoms with E-state index in [1.54, 1.807) is 30.3 Å². The Morgan fingerprint density at radius 1 is 0.919 bits per heavy atom. The zero-order valence-electron chi connectivity index (χ0n) is 21.8. The molecule has 1 aliphatic rings. The van der Waals surface area contributed by atoms with Gasteiger partial charge in [0.15, 0.2) is 0 Å². The van der Waals surface area contributed by atoms with Crippen LogP contribution in [-0.4, -0.2) is 44.3 Å². The third-order valence-electron chi connectivity index (χ3n) is 7.16. The maximum Gasteiger partial charge on any atom is 0.255 e. The second-order valence-corrected chi connectivity index (χ2v) is 11.8. The normalized spacial score (nSPS) is 18.6. The number of anilines is 1. The van der Waals surface area contributed by atoms with Crippen LogP contribution in [0.5, 0.6) is 0 Å². The number of piperidine rings is 1. The summed E-state index contributed by atoms with van der Waals surface area (Å²) in [6.45, 7) is 8.88. The van der Waals surface area contributed by atoms with Gasteiger partial charge in [-0.2, -0.15) is 0 Å². The summed E-state index contributed by atoms with van der Waals surface area (Å²) in [4.78, 5) is 27.4. The van der Waals surface area contributed by atoms with Gasteiger partial charge in [0, 0.05) is 47.6 Å². The smallest absolute Gasteiger partial charge is 0.255 e. The van der Waals surface area contributed by atoms with Gasteiger partial charge in [-0.15, -0.1) is 0 Å². The average Bonchev–Trinajstić information content (AvgIpc) is 2.86. The lowest BCUT2D eigenvalue weighted by atomic mass is 9.86. The van der Waals surface area contributed by atoms with Crippen molar-refractivity contribution >= 4 is 38.3 Å². The van der Waals surface area contributed by atoms with Crippen molar-refractivity contribution in [2.75, 3.05) is 18.4 Å². The minimum absolute atomic E-state index is 0.0294. The lowest BCUT2D eigenvalue weighted by Crippen LogP contribution is -2.56. The number of rotatable bonds is 7. The van der Waals surface area contributed by atoms with Crippen molar-refractivity contribution in [2.45, 2.75) is 51.5 Å². The fraction of sp³-hybridized carbons (Fsp3) is 0.379. The Kier molecular flexibility index (Phi) is 7.99. The molecule has 0 aliphatic carbocycles. The summed E-state index contributed by atoms with van der Waals surface area (Å²) in [5, 5.41) is 4.13. The monoisotopic (exact) mass is 521 g/mol. The summed E-state index contributed by atoms with van der Waals surface area (Å²) in [5.74, 6) is -0.183. The van der Waals surface area contributed by atoms with Gasteiger partial charge in [0.05, 0.1) is 4.90 Å². The molecule has 0 radical (unpaired) electrons. The second kappa shape index (κ2) is 11.0. The summed E-state index contributed by atoms with van der Waals surface area (Å²) < 4.78 is 30.2. The molecule has 2 N–H and O–H groups in total. The van der Waals surface area contributed by atoms with Crippen LogP contribution in [0.3, 0.4) is 0 Å². The molecule has 8 heteroatoms. The van der Waals surface area contributed by atoms with Gasteiger partial charge < -0.3 is 10.2 Å². The highest BCUT2D eigenvalue weighted by atomic mass is 32.2. The molecular formula is C29H35N3O4S. The highest BCUT2D eigenvalue weighted by Gasteiger charge is 2.36. The molecule has 1 saturated heterocycles. The van der Waals surface area contributed by atoms with Gasteiger partial charge in [-0.05, 0) is 48.9 Å². The van der Waals surface area contributed by atoms with Gasteiger partial charge in [0.25, 0.3) is 5.91 Å². The number of carbonyl (C=O) groups is 2. The van der Waals surface area contributed by atoms with Crippen LogP contribution in [0.15, 0.2) is 65.6 Å². The fourth-order valence-corrected chi connectivity index (χ4v) is 6.90. The van der Waals surface area contributed by atoms with E-state index < -0.39 is 10.0 Å². The summed E-state index contributed by atoms with van der Waals surface area (Å²) in [7, 11) is -3.87. The third-order valence-corrected chi connectivity index (χ3v) is 8.68. The fourth-order valence-electron chi connectivity index (χ4n) is 5.24. The van der Waals surface area contributed by atoms with Gasteiger partial charge in [-0.1, -0.05) is 63.2 Å². The quantitative estimate of drug-likeness (QED) is 0.459. The van der Waals surface area contributed by atoms with Crippen LogP contribution >= 0.6 is 0 Å². The molecular weight excluding hydrogens is 486 g/mol. The zero-order valence-corrected chi connectivity index (χ0v) is 22.6. The Hall–Kier alpha value is -3.23. The van der Waals surface area contributed by atoms with Crippen LogP contribution in [0, 0.1) is 18.8 Å². The Morgan fingerprint density at radius 2 is 1.54 bits per heavy atom. The zero-order chi connectivity index (χ0) is 26.7. The first-order valence-corrected chi connectivity index (χ1v) is 14.3. The highest BCUT2D eigenvalue weighted by molar-refractivity contribution is 7.89. The van der Waals surface area contributed by atoms with Crippen molar-refractivity contribution < 1.29 is 18.0 Å². The van der Waals surface area contributed by atoms with E-state index in [2.05, 4.69) is 10.0 Å². The van der Waals surface area contributed by atoms with Gasteiger partial charge >= 0.3 is 0 Å². The predicted molar refractivity (Wildman–Crippen MR) is 147 cm³/mol. The molecule has 4 rings (SSSR count). The number of hydrogen-bond acceptors (Lipinski definition) is 4. The molecule has 0 unspecified atom stereocenters. The molecule has 1 heterocycles. The van der Waals surface area contributed by atoms with E-state index >= 15 is 0 Å². The first kappa shape index (κ1) is 26.8. The molecule has 3 aromatic carbocycles. The van der Waals surface area contributed by atoms with Crippen LogP contribution < -0.4 is 10.0 Å². The minimum Gasteiger partial charge on any atom is -0.342 e. The van der Waals surface area contributed by atoms with Gasteiger partial charge in [0.1, 0.15) is 0 Å². The van der Waals surface area contributed by atoms with Crippen molar-refractivity contribution in [1.29, 1.82) is 0 Å². The number of likely N-dealkylation sites (tertiary alicyclic amines) is 1. The highest BCUT2D eigenvalue weighted by Crippen LogP contribution is 2.31. The summed E-state index contributed by atoms with van der Waals surface area (Å²) in [5.41, 5.74) is 1.97. The van der Waals surface area contributed by atoms with Crippen molar-refractivity contribution in [2.24, 2.45) is 11.8 Å². The van der Waals surface area contributed by atoms with E-state index in [0.717, 1.165) is 12.0 Å². The molecule has 1 aliphatic heterocycles. The first-order valence-electron chi connectivity index (χ1n) is 12.8. The van der Waals surface area contributed by atoms with Crippen molar-refractivity contribution in [1.82, 2.24) is 9.62 Å². The Morgan fingerprint density at radius 3 is 2.19 bits per heavy atom. The number of carbonyl (C=O) groups excluding carboxylic acids is 2. The maximum atomic E-state index is 13.6. The number of hydrogen-bond donors (Lipinski definition) is 2. The van der Waals surface area contributed by atoms with Crippen LogP contribution in [-0.2, 0) is 14.8 Å². The molecule has 3 aromatic rings. The van der Waals surface area contributed by atoms with E-state index in [4.69, 9.17) is 0 Å². The predicted octanol–water partition coefficient (Wildman–Crippen LogP) is 4.96. The molecule has 196 valence electrons. The van der Waals surface area contributed by atoms with Gasteiger partial charge in [-0.25, -0.2) is 13.1 Å². The van der Waals surface area contributed by atoms with Crippen LogP contribution in [0.1, 0.15) is 49.5 Å². The molecule has 7 nitrogen and oxygen atoms in total. The number of nitrogens with zero attached hydrogens (tertiary/aromatic N) is 1. The average molecular weight is 522 g/mol. The summed E-state index contributed by atoms with van der Waals surface area (Å²) in [6, 6.07) is 17.4. The molecule has 0 saturated carbocycles. The van der Waals surface area contributed by atoms with E-state index in [0.29, 0.717) is 41.5 Å². The van der Waals surface area contributed by atoms with E-state index in [-0.39, 0.29) is 34.6 Å². The number of benzene rings is 3. The standard InChI is InChI=1S/C29H35N3O4S/c1-5-10-27(33)32-17-20(3)28(21(4)18-32)31-37(35,36)26-16-15-25(23-13-8-9-14-24(23)26)30-29(34)22-12-7-6-11-19(22)2/h6-9,11-16,20-21,28,31H,5,10,17-18H2,1-4H3,(H,30,34)/t20-,21-/m0/s1. The molecule has 2 amide bonds.